The minimum absolute atomic E-state index is 0.0177. The highest BCUT2D eigenvalue weighted by Crippen LogP contribution is 2.21. The molecule has 0 bridgehead atoms. The zero-order chi connectivity index (χ0) is 86.0. The van der Waals surface area contributed by atoms with Crippen molar-refractivity contribution in [3.05, 3.63) is 65.9 Å². The molecule has 14 atom stereocenters. The first-order valence-corrected chi connectivity index (χ1v) is 37.1. The van der Waals surface area contributed by atoms with Crippen LogP contribution < -0.4 is 92.5 Å². The van der Waals surface area contributed by atoms with Crippen LogP contribution >= 0.6 is 0 Å². The van der Waals surface area contributed by atoms with Gasteiger partial charge in [-0.15, -0.1) is 0 Å². The van der Waals surface area contributed by atoms with Crippen LogP contribution in [0.2, 0.25) is 0 Å². The van der Waals surface area contributed by atoms with Crippen LogP contribution in [0.4, 0.5) is 0 Å². The van der Waals surface area contributed by atoms with Gasteiger partial charge in [0.25, 0.3) is 0 Å². The van der Waals surface area contributed by atoms with Gasteiger partial charge in [0.05, 0.1) is 31.9 Å². The molecular formula is C73H110N18O23. The number of aromatic amines is 1. The van der Waals surface area contributed by atoms with Crippen LogP contribution in [-0.2, 0) is 99.1 Å². The average Bonchev–Trinajstić information content (AvgIpc) is 1.70. The van der Waals surface area contributed by atoms with E-state index in [2.05, 4.69) is 68.8 Å². The van der Waals surface area contributed by atoms with Crippen LogP contribution in [0.25, 0.3) is 10.9 Å². The van der Waals surface area contributed by atoms with E-state index in [4.69, 9.17) is 33.8 Å². The van der Waals surface area contributed by atoms with E-state index in [1.807, 2.05) is 18.2 Å². The summed E-state index contributed by atoms with van der Waals surface area (Å²) in [6, 6.07) is -9.28. The third-order valence-corrected chi connectivity index (χ3v) is 18.1. The van der Waals surface area contributed by atoms with Crippen molar-refractivity contribution in [1.82, 2.24) is 68.8 Å². The molecule has 630 valence electrons. The van der Waals surface area contributed by atoms with Gasteiger partial charge in [-0.25, -0.2) is 4.79 Å². The van der Waals surface area contributed by atoms with E-state index in [0.29, 0.717) is 17.5 Å². The van der Waals surface area contributed by atoms with Gasteiger partial charge in [0.2, 0.25) is 88.6 Å². The number of nitrogens with one attached hydrogen (secondary N) is 13. The SMILES string of the molecule is CC[C@H](C)[C@H](NC(=O)[C@H](CC(N)=O)NC(=O)[C@@H](NC(=O)[C@H](CC(N)=O)NC(=O)[C@@H](NC(=O)[C@H](CC(=O)O)NC(=O)[C@H](CC(C)C)NC(=O)[C@H](CO)NC(=O)[C@H](CCCCN)NC(=O)[C@H](Cc1ccc(O)cc1)NC(=O)[C@H](CCC(N)=O)NC(=O)[C@@H](N)Cc1c[nH]c2ccccc12)C(C)C)C(C)C)C(=O)N[C@@H](CCC(=O)O)C(=O)O. The molecule has 0 aliphatic heterocycles. The van der Waals surface area contributed by atoms with Gasteiger partial charge in [-0.1, -0.05) is 92.1 Å². The van der Waals surface area contributed by atoms with E-state index in [1.165, 1.54) is 58.9 Å². The molecule has 41 heteroatoms. The minimum Gasteiger partial charge on any atom is -0.508 e. The molecule has 0 unspecified atom stereocenters. The van der Waals surface area contributed by atoms with Gasteiger partial charge in [0.1, 0.15) is 78.3 Å². The number of aliphatic hydroxyl groups is 1. The lowest BCUT2D eigenvalue weighted by molar-refractivity contribution is -0.144. The van der Waals surface area contributed by atoms with Crippen LogP contribution in [-0.4, -0.2) is 229 Å². The number of aromatic hydroxyl groups is 1. The van der Waals surface area contributed by atoms with Gasteiger partial charge < -0.3 is 123 Å². The highest BCUT2D eigenvalue weighted by atomic mass is 16.4. The van der Waals surface area contributed by atoms with Gasteiger partial charge >= 0.3 is 17.9 Å². The van der Waals surface area contributed by atoms with E-state index in [1.54, 1.807) is 33.0 Å². The molecule has 28 N–H and O–H groups in total. The normalized spacial score (nSPS) is 14.9. The van der Waals surface area contributed by atoms with Gasteiger partial charge in [-0.2, -0.15) is 0 Å². The highest BCUT2D eigenvalue weighted by Gasteiger charge is 2.40. The first-order valence-electron chi connectivity index (χ1n) is 37.1. The number of para-hydroxylation sites is 1. The summed E-state index contributed by atoms with van der Waals surface area (Å²) in [5.41, 5.74) is 30.3. The summed E-state index contributed by atoms with van der Waals surface area (Å²) in [5.74, 6) is -24.5. The topological polar surface area (TPSA) is 699 Å². The number of carboxylic acids is 3. The Kier molecular flexibility index (Phi) is 40.1. The van der Waals surface area contributed by atoms with E-state index < -0.39 is 254 Å². The number of benzene rings is 2. The van der Waals surface area contributed by atoms with Crippen LogP contribution in [0.3, 0.4) is 0 Å². The van der Waals surface area contributed by atoms with E-state index >= 15 is 0 Å². The second-order valence-electron chi connectivity index (χ2n) is 28.7. The Morgan fingerprint density at radius 3 is 1.33 bits per heavy atom. The van der Waals surface area contributed by atoms with Gasteiger partial charge in [0.15, 0.2) is 0 Å². The maximum Gasteiger partial charge on any atom is 0.326 e. The molecule has 0 fully saturated rings. The smallest absolute Gasteiger partial charge is 0.326 e. The number of carboxylic acid groups (broad SMARTS) is 3. The molecule has 0 radical (unpaired) electrons. The number of nitrogens with two attached hydrogens (primary N) is 5. The molecule has 15 amide bonds. The first-order chi connectivity index (χ1) is 53.5. The van der Waals surface area contributed by atoms with Crippen molar-refractivity contribution in [1.29, 1.82) is 0 Å². The number of carbonyl (C=O) groups is 18. The zero-order valence-electron chi connectivity index (χ0n) is 64.8. The Labute approximate surface area is 656 Å². The van der Waals surface area contributed by atoms with Crippen molar-refractivity contribution in [2.24, 2.45) is 52.3 Å². The maximum absolute atomic E-state index is 14.6. The number of unbranched alkanes of at least 4 members (excludes halogenated alkanes) is 1. The van der Waals surface area contributed by atoms with E-state index in [9.17, 15) is 107 Å². The summed E-state index contributed by atoms with van der Waals surface area (Å²) in [7, 11) is 0. The quantitative estimate of drug-likeness (QED) is 0.0235. The van der Waals surface area contributed by atoms with Crippen LogP contribution in [0.1, 0.15) is 144 Å². The molecule has 3 rings (SSSR count). The van der Waals surface area contributed by atoms with Crippen LogP contribution in [0, 0.1) is 23.7 Å². The van der Waals surface area contributed by atoms with Crippen molar-refractivity contribution in [3.8, 4) is 5.75 Å². The number of H-pyrrole nitrogens is 1. The number of carbonyl (C=O) groups excluding carboxylic acids is 15. The van der Waals surface area contributed by atoms with Crippen molar-refractivity contribution >= 4 is 117 Å². The number of primary amides is 3. The standard InChI is InChI=1S/C73H110N18O23/c1-9-37(8)60(72(112)82-46(73(113)114)22-24-56(97)98)91-67(107)50(30-55(78)96)87-70(110)58(35(4)5)89-66(106)49(29-54(77)95)86-71(111)59(36(6)7)90-68(108)51(31-57(99)100)85-64(104)47(26-34(2)3)83-69(109)52(33-92)88-62(102)44(16-12-13-25-74)81-65(105)48(27-38-17-19-40(93)20-18-38)84-63(103)45(21-23-53(76)94)80-61(101)42(75)28-39-32-79-43-15-11-10-14-41(39)43/h10-11,14-15,17-20,32,34-37,42,44-52,58-60,79,92-93H,9,12-13,16,21-31,33,74-75H2,1-8H3,(H2,76,94)(H2,77,95)(H2,78,96)(H,80,101)(H,81,105)(H,82,112)(H,83,109)(H,84,103)(H,85,104)(H,86,111)(H,87,110)(H,88,102)(H,89,106)(H,90,108)(H,91,107)(H,97,98)(H,99,100)(H,113,114)/t37-,42-,44-,45-,46-,47-,48-,49-,50-,51-,52-,58-,59-,60-/m0/s1. The van der Waals surface area contributed by atoms with Gasteiger partial charge in [-0.3, -0.25) is 81.5 Å². The summed E-state index contributed by atoms with van der Waals surface area (Å²) in [6.07, 6.45) is -3.36. The number of fused-ring (bicyclic) bond motifs is 1. The van der Waals surface area contributed by atoms with Crippen LogP contribution in [0.5, 0.6) is 5.75 Å². The molecule has 0 aliphatic carbocycles. The molecule has 3 aromatic rings. The van der Waals surface area contributed by atoms with Gasteiger partial charge in [-0.05, 0) is 104 Å². The molecule has 0 aliphatic rings. The monoisotopic (exact) mass is 1610 g/mol. The molecule has 1 aromatic heterocycles. The molecule has 0 saturated heterocycles. The number of aromatic nitrogens is 1. The number of phenols is 1. The lowest BCUT2D eigenvalue weighted by atomic mass is 9.96. The number of aliphatic carboxylic acids is 3. The molecule has 114 heavy (non-hydrogen) atoms. The number of phenolic OH excluding ortho intramolecular Hbond substituents is 1. The Morgan fingerprint density at radius 2 is 0.851 bits per heavy atom. The summed E-state index contributed by atoms with van der Waals surface area (Å²) in [5, 5.41) is 78.7. The van der Waals surface area contributed by atoms with Crippen molar-refractivity contribution in [3.63, 3.8) is 0 Å². The molecule has 1 heterocycles. The second-order valence-corrected chi connectivity index (χ2v) is 28.7. The molecule has 2 aromatic carbocycles. The van der Waals surface area contributed by atoms with E-state index in [0.717, 1.165) is 10.9 Å². The molecule has 41 nitrogen and oxygen atoms in total. The zero-order valence-corrected chi connectivity index (χ0v) is 64.8. The minimum atomic E-state index is -2.06. The summed E-state index contributed by atoms with van der Waals surface area (Å²) in [6.45, 7) is 10.9. The number of aliphatic hydroxyl groups excluding tert-OH is 1. The van der Waals surface area contributed by atoms with Crippen molar-refractivity contribution in [2.45, 2.75) is 224 Å². The first kappa shape index (κ1) is 96.3. The third kappa shape index (κ3) is 32.8. The summed E-state index contributed by atoms with van der Waals surface area (Å²) in [4.78, 5) is 245. The fraction of sp³-hybridized carbons (Fsp3) is 0.562. The van der Waals surface area contributed by atoms with Gasteiger partial charge in [0, 0.05) is 36.4 Å². The number of rotatable bonds is 52. The molecular weight excluding hydrogens is 1500 g/mol. The Balaban J connectivity index is 1.88. The van der Waals surface area contributed by atoms with Crippen LogP contribution in [0.15, 0.2) is 54.7 Å². The average molecular weight is 1610 g/mol. The predicted molar refractivity (Wildman–Crippen MR) is 406 cm³/mol. The fourth-order valence-electron chi connectivity index (χ4n) is 11.6. The molecule has 0 saturated carbocycles. The summed E-state index contributed by atoms with van der Waals surface area (Å²) < 4.78 is 0. The Morgan fingerprint density at radius 1 is 0.430 bits per heavy atom. The van der Waals surface area contributed by atoms with Crippen molar-refractivity contribution in [2.75, 3.05) is 13.2 Å². The largest absolute Gasteiger partial charge is 0.508 e. The summed E-state index contributed by atoms with van der Waals surface area (Å²) >= 11 is 0. The number of hydrogen-bond acceptors (Lipinski definition) is 22. The lowest BCUT2D eigenvalue weighted by Crippen LogP contribution is -2.62. The number of amides is 15. The lowest BCUT2D eigenvalue weighted by Gasteiger charge is -2.30. The highest BCUT2D eigenvalue weighted by molar-refractivity contribution is 6.02. The number of hydrogen-bond donors (Lipinski definition) is 23. The second kappa shape index (κ2) is 47.5. The fourth-order valence-corrected chi connectivity index (χ4v) is 11.6. The van der Waals surface area contributed by atoms with Crippen molar-refractivity contribution < 1.29 is 112 Å². The maximum atomic E-state index is 14.6. The molecule has 0 spiro atoms. The third-order valence-electron chi connectivity index (χ3n) is 18.1. The Bertz CT molecular complexity index is 3890. The van der Waals surface area contributed by atoms with E-state index in [-0.39, 0.29) is 57.2 Å². The Hall–Kier alpha value is -11.9. The predicted octanol–water partition coefficient (Wildman–Crippen LogP) is -5.23.